The van der Waals surface area contributed by atoms with Gasteiger partial charge in [-0.2, -0.15) is 0 Å². The van der Waals surface area contributed by atoms with Crippen LogP contribution in [0.4, 0.5) is 0 Å². The van der Waals surface area contributed by atoms with Gasteiger partial charge in [0.1, 0.15) is 0 Å². The topological polar surface area (TPSA) is 53.6 Å². The lowest BCUT2D eigenvalue weighted by atomic mass is 9.87. The molecule has 4 heteroatoms. The lowest BCUT2D eigenvalue weighted by Crippen LogP contribution is -2.48. The van der Waals surface area contributed by atoms with Crippen molar-refractivity contribution in [3.8, 4) is 0 Å². The Morgan fingerprint density at radius 1 is 1.44 bits per heavy atom. The largest absolute Gasteiger partial charge is 0.342 e. The summed E-state index contributed by atoms with van der Waals surface area (Å²) >= 11 is 0. The SMILES string of the molecule is CCCN=C(NN)N1CCC(C(C)C)CC1. The molecule has 0 amide bonds. The predicted molar refractivity (Wildman–Crippen MR) is 69.1 cm³/mol. The number of piperidine rings is 1. The molecule has 16 heavy (non-hydrogen) atoms. The summed E-state index contributed by atoms with van der Waals surface area (Å²) in [6.45, 7) is 9.76. The number of hydrogen-bond donors (Lipinski definition) is 2. The third kappa shape index (κ3) is 3.67. The quantitative estimate of drug-likeness (QED) is 0.332. The van der Waals surface area contributed by atoms with Crippen LogP contribution in [0, 0.1) is 11.8 Å². The maximum Gasteiger partial charge on any atom is 0.208 e. The highest BCUT2D eigenvalue weighted by atomic mass is 15.4. The summed E-state index contributed by atoms with van der Waals surface area (Å²) in [5.41, 5.74) is 2.73. The Balaban J connectivity index is 2.45. The Morgan fingerprint density at radius 3 is 2.50 bits per heavy atom. The van der Waals surface area contributed by atoms with Crippen molar-refractivity contribution in [2.24, 2.45) is 22.7 Å². The normalized spacial score (nSPS) is 19.3. The number of nitrogens with two attached hydrogens (primary N) is 1. The Kier molecular flexibility index (Phi) is 5.60. The van der Waals surface area contributed by atoms with Crippen LogP contribution < -0.4 is 11.3 Å². The van der Waals surface area contributed by atoms with Gasteiger partial charge in [0, 0.05) is 19.6 Å². The molecular formula is C12H26N4. The monoisotopic (exact) mass is 226 g/mol. The van der Waals surface area contributed by atoms with E-state index in [0.29, 0.717) is 0 Å². The predicted octanol–water partition coefficient (Wildman–Crippen LogP) is 1.58. The lowest BCUT2D eigenvalue weighted by Gasteiger charge is -2.35. The fraction of sp³-hybridized carbons (Fsp3) is 0.917. The Labute approximate surface area is 99.3 Å². The molecule has 0 aromatic heterocycles. The number of hydrazine groups is 1. The molecule has 3 N–H and O–H groups in total. The molecule has 0 aliphatic carbocycles. The van der Waals surface area contributed by atoms with Gasteiger partial charge in [0.2, 0.25) is 5.96 Å². The number of hydrogen-bond acceptors (Lipinski definition) is 2. The summed E-state index contributed by atoms with van der Waals surface area (Å²) < 4.78 is 0. The van der Waals surface area contributed by atoms with Crippen molar-refractivity contribution >= 4 is 5.96 Å². The molecule has 1 heterocycles. The Morgan fingerprint density at radius 2 is 2.06 bits per heavy atom. The zero-order chi connectivity index (χ0) is 12.0. The first-order chi connectivity index (χ1) is 7.69. The first-order valence-corrected chi connectivity index (χ1v) is 6.45. The lowest BCUT2D eigenvalue weighted by molar-refractivity contribution is 0.215. The third-order valence-electron chi connectivity index (χ3n) is 3.40. The van der Waals surface area contributed by atoms with Gasteiger partial charge < -0.3 is 4.90 Å². The van der Waals surface area contributed by atoms with Crippen LogP contribution >= 0.6 is 0 Å². The van der Waals surface area contributed by atoms with Crippen LogP contribution in [0.25, 0.3) is 0 Å². The molecule has 0 spiro atoms. The maximum atomic E-state index is 5.52. The second-order valence-corrected chi connectivity index (χ2v) is 4.92. The summed E-state index contributed by atoms with van der Waals surface area (Å²) in [5.74, 6) is 8.04. The molecule has 0 unspecified atom stereocenters. The van der Waals surface area contributed by atoms with Crippen LogP contribution in [0.2, 0.25) is 0 Å². The van der Waals surface area contributed by atoms with Gasteiger partial charge in [-0.15, -0.1) is 0 Å². The van der Waals surface area contributed by atoms with Crippen LogP contribution in [-0.4, -0.2) is 30.5 Å². The fourth-order valence-electron chi connectivity index (χ4n) is 2.23. The van der Waals surface area contributed by atoms with Gasteiger partial charge in [-0.3, -0.25) is 10.4 Å². The van der Waals surface area contributed by atoms with E-state index in [2.05, 4.69) is 36.1 Å². The highest BCUT2D eigenvalue weighted by Gasteiger charge is 2.22. The molecule has 94 valence electrons. The number of likely N-dealkylation sites (tertiary alicyclic amines) is 1. The molecule has 0 aromatic carbocycles. The van der Waals surface area contributed by atoms with Crippen molar-refractivity contribution in [3.05, 3.63) is 0 Å². The van der Waals surface area contributed by atoms with E-state index in [0.717, 1.165) is 43.9 Å². The molecule has 1 rings (SSSR count). The van der Waals surface area contributed by atoms with Crippen molar-refractivity contribution in [2.75, 3.05) is 19.6 Å². The van der Waals surface area contributed by atoms with E-state index in [-0.39, 0.29) is 0 Å². The molecule has 0 radical (unpaired) electrons. The second-order valence-electron chi connectivity index (χ2n) is 4.92. The van der Waals surface area contributed by atoms with Crippen LogP contribution in [0.1, 0.15) is 40.0 Å². The van der Waals surface area contributed by atoms with Gasteiger partial charge in [0.05, 0.1) is 0 Å². The average molecular weight is 226 g/mol. The maximum absolute atomic E-state index is 5.52. The van der Waals surface area contributed by atoms with E-state index in [1.807, 2.05) is 0 Å². The summed E-state index contributed by atoms with van der Waals surface area (Å²) in [6.07, 6.45) is 3.57. The smallest absolute Gasteiger partial charge is 0.208 e. The molecule has 4 nitrogen and oxygen atoms in total. The number of aliphatic imine (C=N–C) groups is 1. The molecular weight excluding hydrogens is 200 g/mol. The Hall–Kier alpha value is -0.770. The van der Waals surface area contributed by atoms with Crippen LogP contribution in [0.15, 0.2) is 4.99 Å². The molecule has 0 aromatic rings. The van der Waals surface area contributed by atoms with Crippen molar-refractivity contribution in [1.29, 1.82) is 0 Å². The van der Waals surface area contributed by atoms with E-state index in [4.69, 9.17) is 5.84 Å². The van der Waals surface area contributed by atoms with Crippen LogP contribution in [-0.2, 0) is 0 Å². The molecule has 0 atom stereocenters. The summed E-state index contributed by atoms with van der Waals surface area (Å²) in [7, 11) is 0. The van der Waals surface area contributed by atoms with Gasteiger partial charge in [0.25, 0.3) is 0 Å². The standard InChI is InChI=1S/C12H26N4/c1-4-7-14-12(15-13)16-8-5-11(6-9-16)10(2)3/h10-11H,4-9,13H2,1-3H3,(H,14,15). The van der Waals surface area contributed by atoms with Crippen molar-refractivity contribution < 1.29 is 0 Å². The van der Waals surface area contributed by atoms with E-state index >= 15 is 0 Å². The first kappa shape index (κ1) is 13.3. The average Bonchev–Trinajstić information content (AvgIpc) is 2.30. The minimum atomic E-state index is 0.795. The van der Waals surface area contributed by atoms with Gasteiger partial charge in [0.15, 0.2) is 0 Å². The first-order valence-electron chi connectivity index (χ1n) is 6.45. The van der Waals surface area contributed by atoms with Crippen LogP contribution in [0.3, 0.4) is 0 Å². The summed E-state index contributed by atoms with van der Waals surface area (Å²) in [6, 6.07) is 0. The molecule has 1 aliphatic rings. The zero-order valence-electron chi connectivity index (χ0n) is 10.9. The van der Waals surface area contributed by atoms with Gasteiger partial charge in [-0.25, -0.2) is 5.84 Å². The van der Waals surface area contributed by atoms with E-state index in [1.54, 1.807) is 0 Å². The zero-order valence-corrected chi connectivity index (χ0v) is 10.9. The highest BCUT2D eigenvalue weighted by Crippen LogP contribution is 2.24. The van der Waals surface area contributed by atoms with E-state index in [9.17, 15) is 0 Å². The van der Waals surface area contributed by atoms with E-state index < -0.39 is 0 Å². The number of rotatable bonds is 3. The molecule has 0 saturated carbocycles. The number of nitrogens with one attached hydrogen (secondary N) is 1. The third-order valence-corrected chi connectivity index (χ3v) is 3.40. The number of nitrogens with zero attached hydrogens (tertiary/aromatic N) is 2. The minimum Gasteiger partial charge on any atom is -0.342 e. The van der Waals surface area contributed by atoms with Crippen molar-refractivity contribution in [1.82, 2.24) is 10.3 Å². The molecule has 1 fully saturated rings. The van der Waals surface area contributed by atoms with Crippen molar-refractivity contribution in [3.63, 3.8) is 0 Å². The fourth-order valence-corrected chi connectivity index (χ4v) is 2.23. The van der Waals surface area contributed by atoms with Crippen molar-refractivity contribution in [2.45, 2.75) is 40.0 Å². The van der Waals surface area contributed by atoms with Gasteiger partial charge in [-0.05, 0) is 31.1 Å². The molecule has 1 saturated heterocycles. The summed E-state index contributed by atoms with van der Waals surface area (Å²) in [4.78, 5) is 6.73. The molecule has 1 aliphatic heterocycles. The molecule has 0 bridgehead atoms. The van der Waals surface area contributed by atoms with Crippen LogP contribution in [0.5, 0.6) is 0 Å². The summed E-state index contributed by atoms with van der Waals surface area (Å²) in [5, 5.41) is 0. The highest BCUT2D eigenvalue weighted by molar-refractivity contribution is 5.79. The van der Waals surface area contributed by atoms with Gasteiger partial charge >= 0.3 is 0 Å². The van der Waals surface area contributed by atoms with Gasteiger partial charge in [-0.1, -0.05) is 20.8 Å². The second kappa shape index (κ2) is 6.74. The number of guanidine groups is 1. The Bertz CT molecular complexity index is 217. The van der Waals surface area contributed by atoms with E-state index in [1.165, 1.54) is 12.8 Å². The minimum absolute atomic E-state index is 0.795.